The van der Waals surface area contributed by atoms with Gasteiger partial charge in [-0.25, -0.2) is 9.78 Å². The van der Waals surface area contributed by atoms with Gasteiger partial charge in [0.2, 0.25) is 0 Å². The number of likely N-dealkylation sites (tertiary alicyclic amines) is 1. The van der Waals surface area contributed by atoms with Crippen molar-refractivity contribution in [3.8, 4) is 0 Å². The Kier molecular flexibility index (Phi) is 4.55. The number of aromatic amines is 1. The minimum absolute atomic E-state index is 0.290. The van der Waals surface area contributed by atoms with Gasteiger partial charge in [-0.3, -0.25) is 18.8 Å². The number of nitrogens with zero attached hydrogens (tertiary/aromatic N) is 4. The van der Waals surface area contributed by atoms with E-state index in [0.29, 0.717) is 17.0 Å². The number of fused-ring (bicyclic) bond motifs is 2. The first-order valence-electron chi connectivity index (χ1n) is 10.4. The van der Waals surface area contributed by atoms with Crippen molar-refractivity contribution in [1.29, 1.82) is 0 Å². The van der Waals surface area contributed by atoms with Gasteiger partial charge in [0.15, 0.2) is 0 Å². The second-order valence-electron chi connectivity index (χ2n) is 8.29. The Hall–Kier alpha value is -3.19. The Balaban J connectivity index is 1.42. The van der Waals surface area contributed by atoms with E-state index >= 15 is 0 Å². The zero-order valence-corrected chi connectivity index (χ0v) is 17.3. The van der Waals surface area contributed by atoms with Gasteiger partial charge in [0.05, 0.1) is 5.39 Å². The lowest BCUT2D eigenvalue weighted by molar-refractivity contribution is 0.198. The number of pyridine rings is 1. The molecule has 0 radical (unpaired) electrons. The van der Waals surface area contributed by atoms with E-state index in [0.717, 1.165) is 48.3 Å². The summed E-state index contributed by atoms with van der Waals surface area (Å²) in [5.41, 5.74) is 3.25. The molecular formula is C23H25N5O2. The van der Waals surface area contributed by atoms with E-state index in [1.807, 2.05) is 18.3 Å². The van der Waals surface area contributed by atoms with Crippen LogP contribution in [0.2, 0.25) is 0 Å². The van der Waals surface area contributed by atoms with Crippen molar-refractivity contribution < 1.29 is 0 Å². The van der Waals surface area contributed by atoms with E-state index in [2.05, 4.69) is 34.1 Å². The highest BCUT2D eigenvalue weighted by Crippen LogP contribution is 2.28. The SMILES string of the molecule is Cn1c(=O)c2ccc([C@@H]3CCCN(Cc4ccc5[nH]ccc5c4)C3)nc2n(C)c1=O. The molecule has 0 unspecified atom stereocenters. The summed E-state index contributed by atoms with van der Waals surface area (Å²) in [6.45, 7) is 2.89. The van der Waals surface area contributed by atoms with Crippen LogP contribution in [-0.2, 0) is 20.6 Å². The van der Waals surface area contributed by atoms with Crippen LogP contribution in [0.1, 0.15) is 30.0 Å². The number of benzene rings is 1. The first-order valence-corrected chi connectivity index (χ1v) is 10.4. The zero-order chi connectivity index (χ0) is 20.8. The van der Waals surface area contributed by atoms with Crippen LogP contribution in [0.5, 0.6) is 0 Å². The molecule has 30 heavy (non-hydrogen) atoms. The monoisotopic (exact) mass is 403 g/mol. The molecule has 1 fully saturated rings. The maximum atomic E-state index is 12.4. The molecular weight excluding hydrogens is 378 g/mol. The summed E-state index contributed by atoms with van der Waals surface area (Å²) in [5.74, 6) is 0.290. The fourth-order valence-electron chi connectivity index (χ4n) is 4.60. The fourth-order valence-corrected chi connectivity index (χ4v) is 4.60. The van der Waals surface area contributed by atoms with Gasteiger partial charge in [-0.05, 0) is 60.7 Å². The van der Waals surface area contributed by atoms with E-state index in [4.69, 9.17) is 4.98 Å². The summed E-state index contributed by atoms with van der Waals surface area (Å²) in [6, 6.07) is 12.4. The van der Waals surface area contributed by atoms with Crippen LogP contribution in [0.4, 0.5) is 0 Å². The molecule has 4 heterocycles. The highest BCUT2D eigenvalue weighted by molar-refractivity contribution is 5.79. The molecule has 1 aliphatic rings. The third-order valence-corrected chi connectivity index (χ3v) is 6.27. The zero-order valence-electron chi connectivity index (χ0n) is 17.3. The second kappa shape index (κ2) is 7.25. The smallest absolute Gasteiger partial charge is 0.332 e. The molecule has 4 aromatic rings. The van der Waals surface area contributed by atoms with Gasteiger partial charge in [-0.15, -0.1) is 0 Å². The molecule has 0 spiro atoms. The van der Waals surface area contributed by atoms with Crippen molar-refractivity contribution in [3.05, 3.63) is 74.7 Å². The van der Waals surface area contributed by atoms with Gasteiger partial charge in [0.25, 0.3) is 5.56 Å². The Morgan fingerprint density at radius 3 is 2.83 bits per heavy atom. The van der Waals surface area contributed by atoms with Crippen LogP contribution in [0.3, 0.4) is 0 Å². The second-order valence-corrected chi connectivity index (χ2v) is 8.29. The highest BCUT2D eigenvalue weighted by Gasteiger charge is 2.23. The summed E-state index contributed by atoms with van der Waals surface area (Å²) < 4.78 is 2.60. The van der Waals surface area contributed by atoms with Crippen molar-refractivity contribution in [2.24, 2.45) is 14.1 Å². The standard InChI is InChI=1S/C23H25N5O2/c1-26-21-18(22(29)27(2)23(26)30)6-8-20(25-21)17-4-3-11-28(14-17)13-15-5-7-19-16(12-15)9-10-24-19/h5-10,12,17,24H,3-4,11,13-14H2,1-2H3/t17-/m1/s1. The fraction of sp³-hybridized carbons (Fsp3) is 0.348. The van der Waals surface area contributed by atoms with Gasteiger partial charge >= 0.3 is 5.69 Å². The van der Waals surface area contributed by atoms with Gasteiger partial charge in [-0.2, -0.15) is 0 Å². The molecule has 0 saturated carbocycles. The van der Waals surface area contributed by atoms with E-state index < -0.39 is 0 Å². The van der Waals surface area contributed by atoms with Crippen LogP contribution in [0.15, 0.2) is 52.2 Å². The molecule has 3 aromatic heterocycles. The largest absolute Gasteiger partial charge is 0.361 e. The van der Waals surface area contributed by atoms with Crippen molar-refractivity contribution >= 4 is 21.9 Å². The lowest BCUT2D eigenvalue weighted by Crippen LogP contribution is -2.38. The normalized spacial score (nSPS) is 17.7. The number of hydrogen-bond acceptors (Lipinski definition) is 4. The number of rotatable bonds is 3. The molecule has 154 valence electrons. The van der Waals surface area contributed by atoms with Crippen molar-refractivity contribution in [1.82, 2.24) is 24.0 Å². The van der Waals surface area contributed by atoms with E-state index in [1.165, 1.54) is 22.6 Å². The molecule has 7 heteroatoms. The van der Waals surface area contributed by atoms with Gasteiger partial charge in [0, 0.05) is 50.5 Å². The Morgan fingerprint density at radius 1 is 1.10 bits per heavy atom. The molecule has 1 saturated heterocycles. The first-order chi connectivity index (χ1) is 14.5. The molecule has 0 bridgehead atoms. The van der Waals surface area contributed by atoms with Gasteiger partial charge in [-0.1, -0.05) is 6.07 Å². The molecule has 1 N–H and O–H groups in total. The summed E-state index contributed by atoms with van der Waals surface area (Å²) >= 11 is 0. The average molecular weight is 403 g/mol. The molecule has 7 nitrogen and oxygen atoms in total. The summed E-state index contributed by atoms with van der Waals surface area (Å²) in [4.78, 5) is 35.2. The van der Waals surface area contributed by atoms with Gasteiger partial charge < -0.3 is 4.98 Å². The predicted molar refractivity (Wildman–Crippen MR) is 118 cm³/mol. The molecule has 0 amide bonds. The van der Waals surface area contributed by atoms with Crippen molar-refractivity contribution in [2.75, 3.05) is 13.1 Å². The van der Waals surface area contributed by atoms with E-state index in [-0.39, 0.29) is 11.2 Å². The molecule has 1 atom stereocenters. The number of piperidine rings is 1. The topological polar surface area (TPSA) is 75.9 Å². The van der Waals surface area contributed by atoms with Crippen LogP contribution < -0.4 is 11.2 Å². The Bertz CT molecular complexity index is 1360. The average Bonchev–Trinajstić information content (AvgIpc) is 3.24. The maximum absolute atomic E-state index is 12.4. The number of H-pyrrole nitrogens is 1. The van der Waals surface area contributed by atoms with E-state index in [9.17, 15) is 9.59 Å². The molecule has 1 aliphatic heterocycles. The van der Waals surface area contributed by atoms with Crippen LogP contribution >= 0.6 is 0 Å². The minimum atomic E-state index is -0.345. The number of aryl methyl sites for hydroxylation is 1. The summed E-state index contributed by atoms with van der Waals surface area (Å²) in [7, 11) is 3.17. The van der Waals surface area contributed by atoms with Crippen LogP contribution in [0, 0.1) is 0 Å². The van der Waals surface area contributed by atoms with Crippen LogP contribution in [-0.4, -0.2) is 37.1 Å². The van der Waals surface area contributed by atoms with Crippen molar-refractivity contribution in [2.45, 2.75) is 25.3 Å². The first kappa shape index (κ1) is 18.8. The van der Waals surface area contributed by atoms with Crippen molar-refractivity contribution in [3.63, 3.8) is 0 Å². The Labute approximate surface area is 173 Å². The lowest BCUT2D eigenvalue weighted by atomic mass is 9.93. The lowest BCUT2D eigenvalue weighted by Gasteiger charge is -2.32. The Morgan fingerprint density at radius 2 is 1.97 bits per heavy atom. The minimum Gasteiger partial charge on any atom is -0.361 e. The highest BCUT2D eigenvalue weighted by atomic mass is 16.2. The number of aromatic nitrogens is 4. The summed E-state index contributed by atoms with van der Waals surface area (Å²) in [6.07, 6.45) is 4.13. The van der Waals surface area contributed by atoms with Gasteiger partial charge in [0.1, 0.15) is 5.65 Å². The third-order valence-electron chi connectivity index (χ3n) is 6.27. The number of hydrogen-bond donors (Lipinski definition) is 1. The summed E-state index contributed by atoms with van der Waals surface area (Å²) in [5, 5.41) is 1.72. The molecule has 5 rings (SSSR count). The quantitative estimate of drug-likeness (QED) is 0.570. The maximum Gasteiger partial charge on any atom is 0.332 e. The number of nitrogens with one attached hydrogen (secondary N) is 1. The predicted octanol–water partition coefficient (Wildman–Crippen LogP) is 2.49. The third kappa shape index (κ3) is 3.15. The molecule has 0 aliphatic carbocycles. The van der Waals surface area contributed by atoms with E-state index in [1.54, 1.807) is 7.05 Å². The van der Waals surface area contributed by atoms with Crippen LogP contribution in [0.25, 0.3) is 21.9 Å². The molecule has 1 aromatic carbocycles.